The van der Waals surface area contributed by atoms with Crippen molar-refractivity contribution in [3.8, 4) is 0 Å². The summed E-state index contributed by atoms with van der Waals surface area (Å²) in [5, 5.41) is 7.78. The molecule has 1 amide bonds. The van der Waals surface area contributed by atoms with Crippen molar-refractivity contribution < 1.29 is 18.0 Å². The topological polar surface area (TPSA) is 54.9 Å². The number of aromatic nitrogens is 2. The highest BCUT2D eigenvalue weighted by atomic mass is 35.5. The minimum Gasteiger partial charge on any atom is -0.343 e. The van der Waals surface area contributed by atoms with Crippen LogP contribution in [0.4, 0.5) is 13.2 Å². The van der Waals surface area contributed by atoms with Gasteiger partial charge in [0.1, 0.15) is 6.54 Å². The van der Waals surface area contributed by atoms with Crippen molar-refractivity contribution in [2.45, 2.75) is 6.18 Å². The molecule has 0 radical (unpaired) electrons. The van der Waals surface area contributed by atoms with Gasteiger partial charge in [0.15, 0.2) is 10.3 Å². The van der Waals surface area contributed by atoms with Gasteiger partial charge in [-0.3, -0.25) is 4.79 Å². The molecule has 16 heavy (non-hydrogen) atoms. The molecule has 1 rings (SSSR count). The van der Waals surface area contributed by atoms with E-state index < -0.39 is 18.6 Å². The van der Waals surface area contributed by atoms with E-state index in [2.05, 4.69) is 10.2 Å². The Kier molecular flexibility index (Phi) is 3.93. The number of halogens is 5. The van der Waals surface area contributed by atoms with Gasteiger partial charge in [0.25, 0.3) is 5.91 Å². The molecule has 0 spiro atoms. The molecule has 1 aromatic heterocycles. The second-order valence-corrected chi connectivity index (χ2v) is 3.41. The highest BCUT2D eigenvalue weighted by molar-refractivity contribution is 6.34. The van der Waals surface area contributed by atoms with E-state index in [1.54, 1.807) is 5.32 Å². The van der Waals surface area contributed by atoms with Gasteiger partial charge in [-0.25, -0.2) is 0 Å². The Balaban J connectivity index is 2.77. The Labute approximate surface area is 97.7 Å². The predicted molar refractivity (Wildman–Crippen MR) is 50.4 cm³/mol. The average molecular weight is 274 g/mol. The first-order valence-electron chi connectivity index (χ1n) is 3.83. The van der Waals surface area contributed by atoms with E-state index in [-0.39, 0.29) is 15.9 Å². The van der Waals surface area contributed by atoms with Crippen molar-refractivity contribution in [2.75, 3.05) is 6.54 Å². The molecule has 0 aromatic carbocycles. The maximum absolute atomic E-state index is 11.8. The summed E-state index contributed by atoms with van der Waals surface area (Å²) < 4.78 is 35.4. The Hall–Kier alpha value is -1.08. The average Bonchev–Trinajstić information content (AvgIpc) is 2.17. The molecule has 0 fully saturated rings. The molecule has 0 aliphatic heterocycles. The fourth-order valence-electron chi connectivity index (χ4n) is 0.788. The third-order valence-corrected chi connectivity index (χ3v) is 1.88. The molecule has 1 aromatic rings. The van der Waals surface area contributed by atoms with Crippen molar-refractivity contribution >= 4 is 29.1 Å². The fraction of sp³-hybridized carbons (Fsp3) is 0.286. The summed E-state index contributed by atoms with van der Waals surface area (Å²) in [5.74, 6) is -1.01. The van der Waals surface area contributed by atoms with E-state index in [0.717, 1.165) is 6.07 Å². The third kappa shape index (κ3) is 3.82. The lowest BCUT2D eigenvalue weighted by Crippen LogP contribution is -2.34. The van der Waals surface area contributed by atoms with Crippen molar-refractivity contribution in [3.05, 3.63) is 21.9 Å². The van der Waals surface area contributed by atoms with Crippen LogP contribution in [-0.4, -0.2) is 28.8 Å². The highest BCUT2D eigenvalue weighted by Gasteiger charge is 2.28. The van der Waals surface area contributed by atoms with Gasteiger partial charge < -0.3 is 5.32 Å². The van der Waals surface area contributed by atoms with Crippen LogP contribution in [0, 0.1) is 0 Å². The number of carbonyl (C=O) groups is 1. The van der Waals surface area contributed by atoms with Crippen molar-refractivity contribution in [1.82, 2.24) is 15.5 Å². The van der Waals surface area contributed by atoms with Crippen LogP contribution in [0.25, 0.3) is 0 Å². The zero-order chi connectivity index (χ0) is 12.3. The number of rotatable bonds is 2. The molecule has 0 atom stereocenters. The van der Waals surface area contributed by atoms with Gasteiger partial charge in [-0.05, 0) is 6.07 Å². The van der Waals surface area contributed by atoms with E-state index >= 15 is 0 Å². The Morgan fingerprint density at radius 1 is 1.38 bits per heavy atom. The molecule has 0 saturated heterocycles. The summed E-state index contributed by atoms with van der Waals surface area (Å²) in [6.45, 7) is -1.46. The molecule has 0 unspecified atom stereocenters. The van der Waals surface area contributed by atoms with Crippen LogP contribution in [-0.2, 0) is 0 Å². The second kappa shape index (κ2) is 4.84. The first-order valence-corrected chi connectivity index (χ1v) is 4.59. The maximum atomic E-state index is 11.8. The number of nitrogens with one attached hydrogen (secondary N) is 1. The molecule has 1 N–H and O–H groups in total. The van der Waals surface area contributed by atoms with E-state index in [1.807, 2.05) is 0 Å². The number of carbonyl (C=O) groups excluding carboxylic acids is 1. The molecule has 88 valence electrons. The monoisotopic (exact) mass is 273 g/mol. The zero-order valence-electron chi connectivity index (χ0n) is 7.48. The smallest absolute Gasteiger partial charge is 0.343 e. The van der Waals surface area contributed by atoms with Gasteiger partial charge in [0.2, 0.25) is 0 Å². The van der Waals surface area contributed by atoms with E-state index in [4.69, 9.17) is 23.2 Å². The van der Waals surface area contributed by atoms with Crippen LogP contribution in [0.3, 0.4) is 0 Å². The first-order chi connectivity index (χ1) is 7.29. The van der Waals surface area contributed by atoms with Crippen molar-refractivity contribution in [3.63, 3.8) is 0 Å². The Bertz CT molecular complexity index is 410. The summed E-state index contributed by atoms with van der Waals surface area (Å²) in [4.78, 5) is 11.2. The number of hydrogen-bond acceptors (Lipinski definition) is 3. The van der Waals surface area contributed by atoms with E-state index in [9.17, 15) is 18.0 Å². The van der Waals surface area contributed by atoms with Gasteiger partial charge in [0.05, 0.1) is 5.56 Å². The zero-order valence-corrected chi connectivity index (χ0v) is 8.99. The predicted octanol–water partition coefficient (Wildman–Crippen LogP) is 2.08. The molecule has 0 aliphatic carbocycles. The number of amides is 1. The molecule has 1 heterocycles. The third-order valence-electron chi connectivity index (χ3n) is 1.41. The van der Waals surface area contributed by atoms with Gasteiger partial charge in [-0.15, -0.1) is 10.2 Å². The number of alkyl halides is 3. The SMILES string of the molecule is O=C(NCC(F)(F)F)c1cc(Cl)nnc1Cl. The minimum absolute atomic E-state index is 0.137. The lowest BCUT2D eigenvalue weighted by molar-refractivity contribution is -0.123. The molecular formula is C7H4Cl2F3N3O. The first kappa shape index (κ1) is 13.0. The van der Waals surface area contributed by atoms with Crippen LogP contribution in [0.2, 0.25) is 10.3 Å². The van der Waals surface area contributed by atoms with Gasteiger partial charge >= 0.3 is 6.18 Å². The molecule has 4 nitrogen and oxygen atoms in total. The van der Waals surface area contributed by atoms with Crippen LogP contribution in [0.1, 0.15) is 10.4 Å². The van der Waals surface area contributed by atoms with E-state index in [1.165, 1.54) is 0 Å². The normalized spacial score (nSPS) is 11.3. The summed E-state index contributed by atoms with van der Waals surface area (Å²) in [6.07, 6.45) is -4.49. The lowest BCUT2D eigenvalue weighted by Gasteiger charge is -2.08. The van der Waals surface area contributed by atoms with E-state index in [0.29, 0.717) is 0 Å². The number of nitrogens with zero attached hydrogens (tertiary/aromatic N) is 2. The van der Waals surface area contributed by atoms with Gasteiger partial charge in [-0.2, -0.15) is 13.2 Å². The van der Waals surface area contributed by atoms with Crippen LogP contribution >= 0.6 is 23.2 Å². The summed E-state index contributed by atoms with van der Waals surface area (Å²) >= 11 is 10.9. The quantitative estimate of drug-likeness (QED) is 0.898. The molecule has 0 aliphatic rings. The minimum atomic E-state index is -4.49. The van der Waals surface area contributed by atoms with Gasteiger partial charge in [0, 0.05) is 0 Å². The lowest BCUT2D eigenvalue weighted by atomic mass is 10.3. The standard InChI is InChI=1S/C7H4Cl2F3N3O/c8-4-1-3(5(9)15-14-4)6(16)13-2-7(10,11)12/h1H,2H2,(H,13,16). The molecule has 9 heteroatoms. The van der Waals surface area contributed by atoms with Crippen LogP contribution in [0.5, 0.6) is 0 Å². The molecule has 0 bridgehead atoms. The largest absolute Gasteiger partial charge is 0.405 e. The molecular weight excluding hydrogens is 270 g/mol. The van der Waals surface area contributed by atoms with Crippen molar-refractivity contribution in [1.29, 1.82) is 0 Å². The summed E-state index contributed by atoms with van der Waals surface area (Å²) in [5.41, 5.74) is -0.258. The second-order valence-electron chi connectivity index (χ2n) is 2.67. The molecule has 0 saturated carbocycles. The van der Waals surface area contributed by atoms with Crippen LogP contribution in [0.15, 0.2) is 6.07 Å². The maximum Gasteiger partial charge on any atom is 0.405 e. The van der Waals surface area contributed by atoms with Crippen LogP contribution < -0.4 is 5.32 Å². The highest BCUT2D eigenvalue weighted by Crippen LogP contribution is 2.16. The van der Waals surface area contributed by atoms with Gasteiger partial charge in [-0.1, -0.05) is 23.2 Å². The Morgan fingerprint density at radius 2 is 2.00 bits per heavy atom. The summed E-state index contributed by atoms with van der Waals surface area (Å²) in [7, 11) is 0. The number of hydrogen-bond donors (Lipinski definition) is 1. The van der Waals surface area contributed by atoms with Crippen molar-refractivity contribution in [2.24, 2.45) is 0 Å². The summed E-state index contributed by atoms with van der Waals surface area (Å²) in [6, 6.07) is 1.03. The Morgan fingerprint density at radius 3 is 2.56 bits per heavy atom. The fourth-order valence-corrected chi connectivity index (χ4v) is 1.11.